The Labute approximate surface area is 108 Å². The minimum absolute atomic E-state index is 0.0555. The maximum atomic E-state index is 12.6. The Morgan fingerprint density at radius 3 is 2.42 bits per heavy atom. The monoisotopic (exact) mass is 276 g/mol. The molecule has 0 aliphatic heterocycles. The van der Waals surface area contributed by atoms with Crippen molar-refractivity contribution < 1.29 is 23.1 Å². The van der Waals surface area contributed by atoms with Gasteiger partial charge in [0.2, 0.25) is 5.91 Å². The van der Waals surface area contributed by atoms with Crippen LogP contribution >= 0.6 is 0 Å². The third-order valence-electron chi connectivity index (χ3n) is 2.51. The predicted molar refractivity (Wildman–Crippen MR) is 64.4 cm³/mol. The molecule has 106 valence electrons. The van der Waals surface area contributed by atoms with Crippen LogP contribution in [0.3, 0.4) is 0 Å². The zero-order valence-electron chi connectivity index (χ0n) is 10.5. The lowest BCUT2D eigenvalue weighted by Crippen LogP contribution is -2.26. The fourth-order valence-electron chi connectivity index (χ4n) is 1.57. The summed E-state index contributed by atoms with van der Waals surface area (Å²) >= 11 is 0. The summed E-state index contributed by atoms with van der Waals surface area (Å²) in [7, 11) is 0. The van der Waals surface area contributed by atoms with E-state index in [1.807, 2.05) is 0 Å². The average molecular weight is 276 g/mol. The fraction of sp³-hybridized carbons (Fsp3) is 0.417. The summed E-state index contributed by atoms with van der Waals surface area (Å²) in [5.41, 5.74) is 4.64. The summed E-state index contributed by atoms with van der Waals surface area (Å²) in [6, 6.07) is 1.96. The normalized spacial score (nSPS) is 14.9. The van der Waals surface area contributed by atoms with E-state index in [0.717, 1.165) is 18.2 Å². The molecule has 7 heteroatoms. The van der Waals surface area contributed by atoms with Gasteiger partial charge in [0.15, 0.2) is 0 Å². The molecular weight excluding hydrogens is 261 g/mol. The van der Waals surface area contributed by atoms with Crippen molar-refractivity contribution in [2.45, 2.75) is 32.2 Å². The van der Waals surface area contributed by atoms with Gasteiger partial charge in [-0.25, -0.2) is 0 Å². The van der Waals surface area contributed by atoms with E-state index in [9.17, 15) is 23.1 Å². The number of nitrogens with one attached hydrogen (secondary N) is 1. The number of rotatable bonds is 3. The van der Waals surface area contributed by atoms with Crippen LogP contribution in [-0.4, -0.2) is 17.1 Å². The molecule has 0 aliphatic rings. The summed E-state index contributed by atoms with van der Waals surface area (Å²) in [6.45, 7) is 2.68. The number of hydrogen-bond donors (Lipinski definition) is 3. The molecule has 0 saturated heterocycles. The Hall–Kier alpha value is -1.60. The maximum absolute atomic E-state index is 12.6. The van der Waals surface area contributed by atoms with Crippen LogP contribution in [0, 0.1) is 0 Å². The van der Waals surface area contributed by atoms with Crippen molar-refractivity contribution in [1.82, 2.24) is 0 Å². The molecule has 1 amide bonds. The number of aliphatic hydroxyl groups is 1. The molecule has 0 saturated carbocycles. The van der Waals surface area contributed by atoms with Crippen LogP contribution in [0.4, 0.5) is 18.9 Å². The summed E-state index contributed by atoms with van der Waals surface area (Å²) in [6.07, 6.45) is -5.83. The number of carbonyl (C=O) groups is 1. The SMILES string of the molecule is CC(=O)Nc1ccc(C(F)(F)F)cc1C(O)C(C)N. The summed E-state index contributed by atoms with van der Waals surface area (Å²) in [4.78, 5) is 11.0. The predicted octanol–water partition coefficient (Wildman–Crippen LogP) is 2.04. The van der Waals surface area contributed by atoms with Crippen molar-refractivity contribution in [1.29, 1.82) is 0 Å². The number of carbonyl (C=O) groups excluding carboxylic acids is 1. The van der Waals surface area contributed by atoms with E-state index in [1.165, 1.54) is 13.8 Å². The molecule has 0 aliphatic carbocycles. The van der Waals surface area contributed by atoms with Gasteiger partial charge in [-0.3, -0.25) is 4.79 Å². The first kappa shape index (κ1) is 15.5. The zero-order valence-corrected chi connectivity index (χ0v) is 10.5. The Morgan fingerprint density at radius 1 is 1.42 bits per heavy atom. The van der Waals surface area contributed by atoms with Crippen LogP contribution in [-0.2, 0) is 11.0 Å². The Kier molecular flexibility index (Phi) is 4.54. The third-order valence-corrected chi connectivity index (χ3v) is 2.51. The van der Waals surface area contributed by atoms with Crippen molar-refractivity contribution in [3.63, 3.8) is 0 Å². The smallest absolute Gasteiger partial charge is 0.387 e. The molecule has 2 atom stereocenters. The number of anilines is 1. The molecule has 4 N–H and O–H groups in total. The molecule has 1 aromatic carbocycles. The highest BCUT2D eigenvalue weighted by atomic mass is 19.4. The highest BCUT2D eigenvalue weighted by molar-refractivity contribution is 5.89. The third kappa shape index (κ3) is 3.93. The van der Waals surface area contributed by atoms with Crippen molar-refractivity contribution in [2.75, 3.05) is 5.32 Å². The standard InChI is InChI=1S/C12H15F3N2O2/c1-6(16)11(19)9-5-8(12(13,14)15)3-4-10(9)17-7(2)18/h3-6,11,19H,16H2,1-2H3,(H,17,18). The van der Waals surface area contributed by atoms with E-state index in [0.29, 0.717) is 0 Å². The molecule has 0 fully saturated rings. The van der Waals surface area contributed by atoms with Crippen LogP contribution in [0.25, 0.3) is 0 Å². The molecule has 1 rings (SSSR count). The van der Waals surface area contributed by atoms with E-state index in [1.54, 1.807) is 0 Å². The maximum Gasteiger partial charge on any atom is 0.416 e. The first-order valence-corrected chi connectivity index (χ1v) is 5.55. The van der Waals surface area contributed by atoms with Crippen molar-refractivity contribution >= 4 is 11.6 Å². The minimum Gasteiger partial charge on any atom is -0.387 e. The van der Waals surface area contributed by atoms with Gasteiger partial charge in [0.1, 0.15) is 0 Å². The highest BCUT2D eigenvalue weighted by Crippen LogP contribution is 2.34. The molecule has 0 spiro atoms. The van der Waals surface area contributed by atoms with Crippen LogP contribution in [0.15, 0.2) is 18.2 Å². The highest BCUT2D eigenvalue weighted by Gasteiger charge is 2.32. The zero-order chi connectivity index (χ0) is 14.8. The first-order chi connectivity index (χ1) is 8.62. The Morgan fingerprint density at radius 2 is 2.00 bits per heavy atom. The van der Waals surface area contributed by atoms with Gasteiger partial charge in [0, 0.05) is 24.2 Å². The second kappa shape index (κ2) is 5.58. The number of halogens is 3. The second-order valence-electron chi connectivity index (χ2n) is 4.28. The van der Waals surface area contributed by atoms with E-state index in [2.05, 4.69) is 5.32 Å². The molecule has 0 bridgehead atoms. The lowest BCUT2D eigenvalue weighted by molar-refractivity contribution is -0.137. The molecule has 0 radical (unpaired) electrons. The molecule has 0 heterocycles. The summed E-state index contributed by atoms with van der Waals surface area (Å²) in [5, 5.41) is 12.2. The summed E-state index contributed by atoms with van der Waals surface area (Å²) < 4.78 is 37.9. The minimum atomic E-state index is -4.53. The Balaban J connectivity index is 3.30. The second-order valence-corrected chi connectivity index (χ2v) is 4.28. The number of aliphatic hydroxyl groups excluding tert-OH is 1. The van der Waals surface area contributed by atoms with E-state index >= 15 is 0 Å². The number of alkyl halides is 3. The number of hydrogen-bond acceptors (Lipinski definition) is 3. The van der Waals surface area contributed by atoms with Crippen LogP contribution in [0.1, 0.15) is 31.1 Å². The molecule has 19 heavy (non-hydrogen) atoms. The van der Waals surface area contributed by atoms with Gasteiger partial charge < -0.3 is 16.2 Å². The number of nitrogens with two attached hydrogens (primary N) is 1. The van der Waals surface area contributed by atoms with Gasteiger partial charge in [-0.15, -0.1) is 0 Å². The van der Waals surface area contributed by atoms with Crippen LogP contribution in [0.5, 0.6) is 0 Å². The van der Waals surface area contributed by atoms with E-state index in [-0.39, 0.29) is 11.3 Å². The number of benzene rings is 1. The van der Waals surface area contributed by atoms with Crippen LogP contribution in [0.2, 0.25) is 0 Å². The molecule has 2 unspecified atom stereocenters. The van der Waals surface area contributed by atoms with E-state index in [4.69, 9.17) is 5.73 Å². The number of amides is 1. The molecule has 1 aromatic rings. The largest absolute Gasteiger partial charge is 0.416 e. The van der Waals surface area contributed by atoms with Gasteiger partial charge in [-0.2, -0.15) is 13.2 Å². The summed E-state index contributed by atoms with van der Waals surface area (Å²) in [5.74, 6) is -0.446. The first-order valence-electron chi connectivity index (χ1n) is 5.55. The van der Waals surface area contributed by atoms with Gasteiger partial charge in [-0.05, 0) is 25.1 Å². The molecule has 4 nitrogen and oxygen atoms in total. The van der Waals surface area contributed by atoms with Gasteiger partial charge >= 0.3 is 6.18 Å². The fourth-order valence-corrected chi connectivity index (χ4v) is 1.57. The molecule has 0 aromatic heterocycles. The van der Waals surface area contributed by atoms with Crippen LogP contribution < -0.4 is 11.1 Å². The van der Waals surface area contributed by atoms with Gasteiger partial charge in [0.25, 0.3) is 0 Å². The Bertz CT molecular complexity index is 473. The lowest BCUT2D eigenvalue weighted by atomic mass is 9.99. The average Bonchev–Trinajstić information content (AvgIpc) is 2.26. The van der Waals surface area contributed by atoms with E-state index < -0.39 is 29.8 Å². The van der Waals surface area contributed by atoms with Crippen molar-refractivity contribution in [3.8, 4) is 0 Å². The lowest BCUT2D eigenvalue weighted by Gasteiger charge is -2.20. The van der Waals surface area contributed by atoms with Gasteiger partial charge in [0.05, 0.1) is 11.7 Å². The van der Waals surface area contributed by atoms with Gasteiger partial charge in [-0.1, -0.05) is 0 Å². The van der Waals surface area contributed by atoms with Crippen molar-refractivity contribution in [3.05, 3.63) is 29.3 Å². The van der Waals surface area contributed by atoms with Crippen molar-refractivity contribution in [2.24, 2.45) is 5.73 Å². The molecular formula is C12H15F3N2O2. The topological polar surface area (TPSA) is 75.3 Å². The quantitative estimate of drug-likeness (QED) is 0.790.